The van der Waals surface area contributed by atoms with Crippen molar-refractivity contribution in [2.75, 3.05) is 11.9 Å². The van der Waals surface area contributed by atoms with E-state index in [1.54, 1.807) is 15.6 Å². The lowest BCUT2D eigenvalue weighted by molar-refractivity contribution is 0.0816. The number of anilines is 2. The first-order chi connectivity index (χ1) is 20.2. The number of hydrogen-bond acceptors (Lipinski definition) is 6. The summed E-state index contributed by atoms with van der Waals surface area (Å²) in [6.45, 7) is 10.4. The third-order valence-corrected chi connectivity index (χ3v) is 8.58. The average molecular weight is 583 g/mol. The fourth-order valence-electron chi connectivity index (χ4n) is 4.57. The molecule has 11 heteroatoms. The fourth-order valence-corrected chi connectivity index (χ4v) is 5.32. The van der Waals surface area contributed by atoms with Crippen molar-refractivity contribution in [2.45, 2.75) is 45.9 Å². The molecule has 0 fully saturated rings. The molecule has 1 amide bonds. The molecule has 0 aliphatic heterocycles. The summed E-state index contributed by atoms with van der Waals surface area (Å²) >= 11 is 0. The van der Waals surface area contributed by atoms with Gasteiger partial charge in [-0.25, -0.2) is 9.36 Å². The maximum absolute atomic E-state index is 13.2. The number of aryl methyl sites for hydroxylation is 2. The predicted octanol–water partition coefficient (Wildman–Crippen LogP) is 5.75. The van der Waals surface area contributed by atoms with Gasteiger partial charge >= 0.3 is 0 Å². The van der Waals surface area contributed by atoms with Crippen molar-refractivity contribution < 1.29 is 9.53 Å². The Bertz CT molecular complexity index is 1700. The minimum absolute atomic E-state index is 0.164. The Morgan fingerprint density at radius 2 is 1.83 bits per heavy atom. The van der Waals surface area contributed by atoms with Crippen molar-refractivity contribution in [3.05, 3.63) is 95.7 Å². The standard InChI is InChI=1S/C31H38N8O2Si/c1-23-18-25(37(2)35-23)20-32-31(40)27-10-6-7-11-28(27)34-24-12-13-26-29(21-33-38-14-8-9-15-38)36-39(30(26)19-24)22-41-16-17-42(3,4)5/h6-15,18-19,21,34H,16-17,20,22H2,1-5H3,(H,32,40). The van der Waals surface area contributed by atoms with E-state index >= 15 is 0 Å². The first kappa shape index (κ1) is 29.0. The highest BCUT2D eigenvalue weighted by molar-refractivity contribution is 6.76. The van der Waals surface area contributed by atoms with Crippen LogP contribution in [0.4, 0.5) is 11.4 Å². The van der Waals surface area contributed by atoms with Gasteiger partial charge in [0.2, 0.25) is 0 Å². The molecule has 0 radical (unpaired) electrons. The van der Waals surface area contributed by atoms with E-state index in [1.807, 2.05) is 91.7 Å². The predicted molar refractivity (Wildman–Crippen MR) is 170 cm³/mol. The number of benzene rings is 2. The highest BCUT2D eigenvalue weighted by Crippen LogP contribution is 2.26. The highest BCUT2D eigenvalue weighted by atomic mass is 28.3. The number of ether oxygens (including phenoxy) is 1. The van der Waals surface area contributed by atoms with Crippen LogP contribution in [0, 0.1) is 6.92 Å². The van der Waals surface area contributed by atoms with Crippen LogP contribution in [0.25, 0.3) is 10.9 Å². The summed E-state index contributed by atoms with van der Waals surface area (Å²) in [5.74, 6) is -0.164. The Kier molecular flexibility index (Phi) is 8.69. The second-order valence-electron chi connectivity index (χ2n) is 11.5. The Hall–Kier alpha value is -4.48. The molecule has 0 bridgehead atoms. The normalized spacial score (nSPS) is 11.9. The topological polar surface area (TPSA) is 103 Å². The lowest BCUT2D eigenvalue weighted by atomic mass is 10.1. The fraction of sp³-hybridized carbons (Fsp3) is 0.290. The number of amides is 1. The number of hydrogen-bond donors (Lipinski definition) is 2. The van der Waals surface area contributed by atoms with Crippen molar-refractivity contribution in [3.63, 3.8) is 0 Å². The van der Waals surface area contributed by atoms with Crippen LogP contribution in [0.15, 0.2) is 78.2 Å². The molecule has 5 rings (SSSR count). The molecular formula is C31H38N8O2Si. The Balaban J connectivity index is 1.38. The first-order valence-electron chi connectivity index (χ1n) is 14.1. The Morgan fingerprint density at radius 1 is 1.05 bits per heavy atom. The molecule has 0 aliphatic rings. The molecule has 0 spiro atoms. The van der Waals surface area contributed by atoms with Gasteiger partial charge in [-0.05, 0) is 61.5 Å². The molecule has 42 heavy (non-hydrogen) atoms. The van der Waals surface area contributed by atoms with Gasteiger partial charge in [-0.3, -0.25) is 9.48 Å². The van der Waals surface area contributed by atoms with E-state index in [-0.39, 0.29) is 5.91 Å². The van der Waals surface area contributed by atoms with Gasteiger partial charge in [0.05, 0.1) is 40.9 Å². The van der Waals surface area contributed by atoms with Crippen LogP contribution >= 0.6 is 0 Å². The van der Waals surface area contributed by atoms with E-state index in [0.29, 0.717) is 31.1 Å². The first-order valence-corrected chi connectivity index (χ1v) is 17.8. The van der Waals surface area contributed by atoms with Gasteiger partial charge in [0, 0.05) is 45.2 Å². The van der Waals surface area contributed by atoms with Crippen molar-refractivity contribution in [1.29, 1.82) is 0 Å². The van der Waals surface area contributed by atoms with Crippen LogP contribution in [0.1, 0.15) is 27.4 Å². The second-order valence-corrected chi connectivity index (χ2v) is 17.1. The van der Waals surface area contributed by atoms with Crippen LogP contribution < -0.4 is 10.6 Å². The number of nitrogens with zero attached hydrogens (tertiary/aromatic N) is 6. The van der Waals surface area contributed by atoms with E-state index < -0.39 is 8.07 Å². The maximum atomic E-state index is 13.2. The Morgan fingerprint density at radius 3 is 2.57 bits per heavy atom. The SMILES string of the molecule is Cc1cc(CNC(=O)c2ccccc2Nc2ccc3c(C=Nn4cccc4)nn(COCC[Si](C)(C)C)c3c2)n(C)n1. The van der Waals surface area contributed by atoms with E-state index in [4.69, 9.17) is 9.84 Å². The molecule has 0 aliphatic carbocycles. The molecule has 10 nitrogen and oxygen atoms in total. The zero-order chi connectivity index (χ0) is 29.7. The smallest absolute Gasteiger partial charge is 0.253 e. The third-order valence-electron chi connectivity index (χ3n) is 6.87. The molecule has 3 heterocycles. The summed E-state index contributed by atoms with van der Waals surface area (Å²) in [6.07, 6.45) is 5.52. The third kappa shape index (κ3) is 7.23. The van der Waals surface area contributed by atoms with Crippen molar-refractivity contribution >= 4 is 42.5 Å². The minimum Gasteiger partial charge on any atom is -0.360 e. The van der Waals surface area contributed by atoms with Crippen molar-refractivity contribution in [2.24, 2.45) is 12.1 Å². The number of aromatic nitrogens is 5. The van der Waals surface area contributed by atoms with Gasteiger partial charge in [0.25, 0.3) is 5.91 Å². The highest BCUT2D eigenvalue weighted by Gasteiger charge is 2.16. The summed E-state index contributed by atoms with van der Waals surface area (Å²) in [4.78, 5) is 13.2. The number of carbonyl (C=O) groups excluding carboxylic acids is 1. The molecule has 0 saturated heterocycles. The van der Waals surface area contributed by atoms with Gasteiger partial charge in [-0.1, -0.05) is 31.8 Å². The molecule has 3 aromatic heterocycles. The summed E-state index contributed by atoms with van der Waals surface area (Å²) in [5.41, 5.74) is 5.62. The van der Waals surface area contributed by atoms with Gasteiger partial charge in [0.15, 0.2) is 0 Å². The molecule has 0 saturated carbocycles. The van der Waals surface area contributed by atoms with Crippen molar-refractivity contribution in [3.8, 4) is 0 Å². The minimum atomic E-state index is -1.21. The van der Waals surface area contributed by atoms with Crippen LogP contribution in [-0.2, 0) is 25.1 Å². The number of para-hydroxylation sites is 1. The molecule has 2 N–H and O–H groups in total. The van der Waals surface area contributed by atoms with Crippen LogP contribution in [0.3, 0.4) is 0 Å². The van der Waals surface area contributed by atoms with Gasteiger partial charge < -0.3 is 15.4 Å². The largest absolute Gasteiger partial charge is 0.360 e. The van der Waals surface area contributed by atoms with Gasteiger partial charge in [-0.2, -0.15) is 15.3 Å². The van der Waals surface area contributed by atoms with Crippen LogP contribution in [0.2, 0.25) is 25.7 Å². The van der Waals surface area contributed by atoms with Crippen LogP contribution in [0.5, 0.6) is 0 Å². The summed E-state index contributed by atoms with van der Waals surface area (Å²) in [6, 6.07) is 20.4. The van der Waals surface area contributed by atoms with E-state index in [0.717, 1.165) is 39.7 Å². The number of carbonyl (C=O) groups is 1. The van der Waals surface area contributed by atoms with Crippen LogP contribution in [-0.4, -0.2) is 51.0 Å². The molecule has 2 aromatic carbocycles. The summed E-state index contributed by atoms with van der Waals surface area (Å²) in [5, 5.41) is 21.1. The quantitative estimate of drug-likeness (QED) is 0.111. The zero-order valence-corrected chi connectivity index (χ0v) is 25.8. The van der Waals surface area contributed by atoms with Crippen molar-refractivity contribution in [1.82, 2.24) is 29.6 Å². The maximum Gasteiger partial charge on any atom is 0.253 e. The summed E-state index contributed by atoms with van der Waals surface area (Å²) < 4.78 is 11.4. The molecule has 5 aromatic rings. The van der Waals surface area contributed by atoms with E-state index in [9.17, 15) is 4.79 Å². The number of fused-ring (bicyclic) bond motifs is 1. The summed E-state index contributed by atoms with van der Waals surface area (Å²) in [7, 11) is 0.668. The molecule has 218 valence electrons. The lowest BCUT2D eigenvalue weighted by Crippen LogP contribution is -2.24. The monoisotopic (exact) mass is 582 g/mol. The van der Waals surface area contributed by atoms with Gasteiger partial charge in [-0.15, -0.1) is 0 Å². The zero-order valence-electron chi connectivity index (χ0n) is 24.8. The van der Waals surface area contributed by atoms with E-state index in [1.165, 1.54) is 0 Å². The van der Waals surface area contributed by atoms with E-state index in [2.05, 4.69) is 40.5 Å². The average Bonchev–Trinajstić information content (AvgIpc) is 3.67. The number of rotatable bonds is 12. The van der Waals surface area contributed by atoms with Gasteiger partial charge in [0.1, 0.15) is 12.4 Å². The Labute approximate surface area is 247 Å². The molecule has 0 atom stereocenters. The molecule has 0 unspecified atom stereocenters. The number of nitrogens with one attached hydrogen (secondary N) is 2. The molecular weight excluding hydrogens is 544 g/mol. The lowest BCUT2D eigenvalue weighted by Gasteiger charge is -2.15. The second kappa shape index (κ2) is 12.6.